The summed E-state index contributed by atoms with van der Waals surface area (Å²) in [6.07, 6.45) is 1.46. The zero-order valence-corrected chi connectivity index (χ0v) is 10.8. The Balaban J connectivity index is 2.16. The molecule has 0 saturated heterocycles. The van der Waals surface area contributed by atoms with Crippen LogP contribution in [0.4, 0.5) is 11.5 Å². The molecule has 6 nitrogen and oxygen atoms in total. The number of pyridine rings is 1. The lowest BCUT2D eigenvalue weighted by Crippen LogP contribution is -2.16. The number of primary amides is 1. The Morgan fingerprint density at radius 1 is 1.30 bits per heavy atom. The third-order valence-electron chi connectivity index (χ3n) is 2.81. The molecule has 0 unspecified atom stereocenters. The number of carbonyl (C=O) groups is 1. The maximum Gasteiger partial charge on any atom is 0.252 e. The molecule has 0 atom stereocenters. The summed E-state index contributed by atoms with van der Waals surface area (Å²) < 4.78 is 0. The predicted octanol–water partition coefficient (Wildman–Crippen LogP) is 0.867. The number of aliphatic hydroxyl groups excluding tert-OH is 1. The Morgan fingerprint density at radius 2 is 2.05 bits per heavy atom. The smallest absolute Gasteiger partial charge is 0.252 e. The van der Waals surface area contributed by atoms with Crippen LogP contribution in [0.5, 0.6) is 0 Å². The second-order valence-electron chi connectivity index (χ2n) is 4.36. The van der Waals surface area contributed by atoms with Gasteiger partial charge in [0.05, 0.1) is 24.1 Å². The van der Waals surface area contributed by atoms with Crippen LogP contribution in [0.15, 0.2) is 36.5 Å². The minimum atomic E-state index is -0.587. The first-order valence-corrected chi connectivity index (χ1v) is 6.08. The molecular formula is C14H16N4O2. The number of nitrogen functional groups attached to an aromatic ring is 1. The van der Waals surface area contributed by atoms with Crippen molar-refractivity contribution < 1.29 is 9.90 Å². The van der Waals surface area contributed by atoms with Gasteiger partial charge < -0.3 is 21.9 Å². The van der Waals surface area contributed by atoms with E-state index < -0.39 is 5.91 Å². The van der Waals surface area contributed by atoms with Gasteiger partial charge in [0.15, 0.2) is 0 Å². The van der Waals surface area contributed by atoms with Crippen LogP contribution < -0.4 is 16.8 Å². The van der Waals surface area contributed by atoms with Crippen LogP contribution in [0.1, 0.15) is 21.5 Å². The molecule has 1 amide bonds. The minimum Gasteiger partial charge on any atom is -0.397 e. The fourth-order valence-corrected chi connectivity index (χ4v) is 1.83. The molecule has 0 spiro atoms. The molecule has 1 aromatic carbocycles. The normalized spacial score (nSPS) is 10.2. The van der Waals surface area contributed by atoms with Crippen LogP contribution in [-0.4, -0.2) is 16.0 Å². The summed E-state index contributed by atoms with van der Waals surface area (Å²) in [5.41, 5.74) is 13.3. The van der Waals surface area contributed by atoms with Crippen LogP contribution >= 0.6 is 0 Å². The molecule has 0 fully saturated rings. The third kappa shape index (κ3) is 3.24. The van der Waals surface area contributed by atoms with Crippen LogP contribution in [0.3, 0.4) is 0 Å². The molecule has 2 rings (SSSR count). The van der Waals surface area contributed by atoms with Gasteiger partial charge in [-0.25, -0.2) is 4.98 Å². The summed E-state index contributed by atoms with van der Waals surface area (Å²) >= 11 is 0. The fourth-order valence-electron chi connectivity index (χ4n) is 1.83. The standard InChI is InChI=1S/C14H16N4O2/c15-11-5-12(13(16)20)14(18-7-11)17-6-9-2-1-3-10(4-9)8-19/h1-5,7,19H,6,8,15H2,(H2,16,20)(H,17,18). The van der Waals surface area contributed by atoms with E-state index in [2.05, 4.69) is 10.3 Å². The first-order valence-electron chi connectivity index (χ1n) is 6.08. The van der Waals surface area contributed by atoms with E-state index in [9.17, 15) is 4.79 Å². The van der Waals surface area contributed by atoms with E-state index in [1.807, 2.05) is 24.3 Å². The minimum absolute atomic E-state index is 0.0134. The lowest BCUT2D eigenvalue weighted by atomic mass is 10.1. The summed E-state index contributed by atoms with van der Waals surface area (Å²) in [6, 6.07) is 8.96. The molecule has 104 valence electrons. The predicted molar refractivity (Wildman–Crippen MR) is 76.9 cm³/mol. The van der Waals surface area contributed by atoms with E-state index in [1.54, 1.807) is 0 Å². The molecule has 0 aliphatic carbocycles. The van der Waals surface area contributed by atoms with Gasteiger partial charge in [-0.05, 0) is 17.2 Å². The van der Waals surface area contributed by atoms with Gasteiger partial charge in [0, 0.05) is 6.54 Å². The number of carbonyl (C=O) groups excluding carboxylic acids is 1. The summed E-state index contributed by atoms with van der Waals surface area (Å²) in [7, 11) is 0. The van der Waals surface area contributed by atoms with Crippen molar-refractivity contribution >= 4 is 17.4 Å². The Hall–Kier alpha value is -2.60. The molecule has 2 aromatic rings. The van der Waals surface area contributed by atoms with Crippen molar-refractivity contribution in [2.75, 3.05) is 11.1 Å². The number of amides is 1. The quantitative estimate of drug-likeness (QED) is 0.644. The molecule has 20 heavy (non-hydrogen) atoms. The number of hydrogen-bond acceptors (Lipinski definition) is 5. The lowest BCUT2D eigenvalue weighted by molar-refractivity contribution is 0.100. The molecule has 0 aliphatic heterocycles. The van der Waals surface area contributed by atoms with Gasteiger partial charge in [0.1, 0.15) is 5.82 Å². The van der Waals surface area contributed by atoms with Crippen molar-refractivity contribution in [2.24, 2.45) is 5.73 Å². The molecule has 6 N–H and O–H groups in total. The van der Waals surface area contributed by atoms with Crippen molar-refractivity contribution in [3.8, 4) is 0 Å². The second-order valence-corrected chi connectivity index (χ2v) is 4.36. The number of benzene rings is 1. The SMILES string of the molecule is NC(=O)c1cc(N)cnc1NCc1cccc(CO)c1. The highest BCUT2D eigenvalue weighted by Gasteiger charge is 2.10. The zero-order valence-electron chi connectivity index (χ0n) is 10.8. The summed E-state index contributed by atoms with van der Waals surface area (Å²) in [5.74, 6) is -0.197. The van der Waals surface area contributed by atoms with Gasteiger partial charge in [0.25, 0.3) is 5.91 Å². The van der Waals surface area contributed by atoms with E-state index >= 15 is 0 Å². The van der Waals surface area contributed by atoms with Crippen LogP contribution in [0, 0.1) is 0 Å². The summed E-state index contributed by atoms with van der Waals surface area (Å²) in [6.45, 7) is 0.450. The van der Waals surface area contributed by atoms with E-state index in [1.165, 1.54) is 12.3 Å². The first-order chi connectivity index (χ1) is 9.60. The topological polar surface area (TPSA) is 114 Å². The monoisotopic (exact) mass is 272 g/mol. The molecule has 0 aliphatic rings. The number of rotatable bonds is 5. The van der Waals surface area contributed by atoms with Crippen LogP contribution in [0.25, 0.3) is 0 Å². The Labute approximate surface area is 116 Å². The Kier molecular flexibility index (Phi) is 4.17. The van der Waals surface area contributed by atoms with Gasteiger partial charge in [-0.3, -0.25) is 4.79 Å². The number of nitrogens with two attached hydrogens (primary N) is 2. The van der Waals surface area contributed by atoms with Crippen LogP contribution in [-0.2, 0) is 13.2 Å². The number of aliphatic hydroxyl groups is 1. The molecular weight excluding hydrogens is 256 g/mol. The molecule has 0 radical (unpaired) electrons. The molecule has 1 heterocycles. The number of nitrogens with zero attached hydrogens (tertiary/aromatic N) is 1. The molecule has 0 saturated carbocycles. The summed E-state index contributed by atoms with van der Waals surface area (Å²) in [5, 5.41) is 12.1. The molecule has 6 heteroatoms. The van der Waals surface area contributed by atoms with Gasteiger partial charge in [-0.1, -0.05) is 24.3 Å². The summed E-state index contributed by atoms with van der Waals surface area (Å²) in [4.78, 5) is 15.4. The Morgan fingerprint density at radius 3 is 2.75 bits per heavy atom. The van der Waals surface area contributed by atoms with Gasteiger partial charge >= 0.3 is 0 Å². The highest BCUT2D eigenvalue weighted by molar-refractivity contribution is 5.98. The number of anilines is 2. The maximum atomic E-state index is 11.3. The van der Waals surface area contributed by atoms with Gasteiger partial charge in [0.2, 0.25) is 0 Å². The molecule has 0 bridgehead atoms. The lowest BCUT2D eigenvalue weighted by Gasteiger charge is -2.10. The average Bonchev–Trinajstić information content (AvgIpc) is 2.46. The second kappa shape index (κ2) is 6.03. The van der Waals surface area contributed by atoms with Crippen LogP contribution in [0.2, 0.25) is 0 Å². The zero-order chi connectivity index (χ0) is 14.5. The largest absolute Gasteiger partial charge is 0.397 e. The average molecular weight is 272 g/mol. The first kappa shape index (κ1) is 13.8. The number of aromatic nitrogens is 1. The van der Waals surface area contributed by atoms with Gasteiger partial charge in [-0.15, -0.1) is 0 Å². The maximum absolute atomic E-state index is 11.3. The third-order valence-corrected chi connectivity index (χ3v) is 2.81. The van der Waals surface area contributed by atoms with Crippen molar-refractivity contribution in [1.82, 2.24) is 4.98 Å². The van der Waals surface area contributed by atoms with E-state index in [0.717, 1.165) is 11.1 Å². The van der Waals surface area contributed by atoms with E-state index in [-0.39, 0.29) is 12.2 Å². The van der Waals surface area contributed by atoms with Crippen molar-refractivity contribution in [3.63, 3.8) is 0 Å². The fraction of sp³-hybridized carbons (Fsp3) is 0.143. The van der Waals surface area contributed by atoms with E-state index in [4.69, 9.17) is 16.6 Å². The highest BCUT2D eigenvalue weighted by atomic mass is 16.3. The van der Waals surface area contributed by atoms with E-state index in [0.29, 0.717) is 18.1 Å². The van der Waals surface area contributed by atoms with Gasteiger partial charge in [-0.2, -0.15) is 0 Å². The Bertz CT molecular complexity index is 628. The van der Waals surface area contributed by atoms with Crippen molar-refractivity contribution in [2.45, 2.75) is 13.2 Å². The molecule has 1 aromatic heterocycles. The van der Waals surface area contributed by atoms with Crippen molar-refractivity contribution in [1.29, 1.82) is 0 Å². The highest BCUT2D eigenvalue weighted by Crippen LogP contribution is 2.16. The number of hydrogen-bond donors (Lipinski definition) is 4. The number of nitrogens with one attached hydrogen (secondary N) is 1. The van der Waals surface area contributed by atoms with Crippen molar-refractivity contribution in [3.05, 3.63) is 53.2 Å².